The molecule has 0 bridgehead atoms. The molecule has 3 N–H and O–H groups in total. The zero-order valence-electron chi connectivity index (χ0n) is 14.9. The van der Waals surface area contributed by atoms with Gasteiger partial charge in [0.1, 0.15) is 6.61 Å². The molecular formula is C18H18F3N3O4. The van der Waals surface area contributed by atoms with Crippen molar-refractivity contribution in [1.82, 2.24) is 10.6 Å². The molecule has 28 heavy (non-hydrogen) atoms. The standard InChI is InChI=1S/C18H18F3N3O4/c1-27-13-4-2-3-5-14(13)28-9-8-22-18(26)23-10-15(25)24-12-7-6-11(19)16(20)17(12)21/h2-7H,8-10H2,1H3,(H,24,25)(H2,22,23,26). The topological polar surface area (TPSA) is 88.7 Å². The maximum atomic E-state index is 13.5. The Bertz CT molecular complexity index is 849. The second-order valence-corrected chi connectivity index (χ2v) is 5.38. The van der Waals surface area contributed by atoms with Crippen LogP contribution in [-0.4, -0.2) is 38.7 Å². The van der Waals surface area contributed by atoms with E-state index in [4.69, 9.17) is 9.47 Å². The summed E-state index contributed by atoms with van der Waals surface area (Å²) in [6.45, 7) is -0.207. The van der Waals surface area contributed by atoms with E-state index in [0.717, 1.165) is 6.07 Å². The fourth-order valence-corrected chi connectivity index (χ4v) is 2.10. The van der Waals surface area contributed by atoms with Crippen LogP contribution in [0.3, 0.4) is 0 Å². The number of carbonyl (C=O) groups is 2. The number of amides is 3. The molecule has 0 spiro atoms. The highest BCUT2D eigenvalue weighted by molar-refractivity contribution is 5.94. The molecule has 0 aliphatic carbocycles. The molecule has 2 rings (SSSR count). The van der Waals surface area contributed by atoms with Crippen molar-refractivity contribution in [3.05, 3.63) is 53.8 Å². The molecule has 0 radical (unpaired) electrons. The lowest BCUT2D eigenvalue weighted by molar-refractivity contribution is -0.115. The van der Waals surface area contributed by atoms with Crippen LogP contribution < -0.4 is 25.4 Å². The quantitative estimate of drug-likeness (QED) is 0.472. The smallest absolute Gasteiger partial charge is 0.315 e. The molecule has 0 unspecified atom stereocenters. The lowest BCUT2D eigenvalue weighted by atomic mass is 10.2. The van der Waals surface area contributed by atoms with Gasteiger partial charge in [0.05, 0.1) is 25.9 Å². The van der Waals surface area contributed by atoms with Crippen molar-refractivity contribution in [2.75, 3.05) is 32.1 Å². The van der Waals surface area contributed by atoms with Crippen LogP contribution in [0, 0.1) is 17.5 Å². The Labute approximate surface area is 158 Å². The number of ether oxygens (including phenoxy) is 2. The van der Waals surface area contributed by atoms with Gasteiger partial charge in [0.2, 0.25) is 5.91 Å². The van der Waals surface area contributed by atoms with Gasteiger partial charge in [0.25, 0.3) is 0 Å². The first kappa shape index (κ1) is 20.9. The van der Waals surface area contributed by atoms with Gasteiger partial charge in [0, 0.05) is 0 Å². The molecule has 0 saturated heterocycles. The van der Waals surface area contributed by atoms with E-state index in [9.17, 15) is 22.8 Å². The van der Waals surface area contributed by atoms with Crippen molar-refractivity contribution in [1.29, 1.82) is 0 Å². The molecule has 150 valence electrons. The number of methoxy groups -OCH3 is 1. The van der Waals surface area contributed by atoms with E-state index in [1.54, 1.807) is 24.3 Å². The highest BCUT2D eigenvalue weighted by Crippen LogP contribution is 2.25. The number of urea groups is 1. The largest absolute Gasteiger partial charge is 0.493 e. The van der Waals surface area contributed by atoms with Gasteiger partial charge in [-0.25, -0.2) is 18.0 Å². The van der Waals surface area contributed by atoms with Crippen LogP contribution in [0.1, 0.15) is 0 Å². The molecule has 3 amide bonds. The normalized spacial score (nSPS) is 10.1. The molecule has 2 aromatic rings. The molecule has 0 fully saturated rings. The van der Waals surface area contributed by atoms with Gasteiger partial charge in [-0.05, 0) is 24.3 Å². The molecule has 10 heteroatoms. The van der Waals surface area contributed by atoms with Gasteiger partial charge in [-0.15, -0.1) is 0 Å². The van der Waals surface area contributed by atoms with Crippen molar-refractivity contribution >= 4 is 17.6 Å². The Morgan fingerprint density at radius 1 is 0.964 bits per heavy atom. The maximum absolute atomic E-state index is 13.5. The van der Waals surface area contributed by atoms with Gasteiger partial charge in [-0.3, -0.25) is 4.79 Å². The Morgan fingerprint density at radius 3 is 2.39 bits per heavy atom. The Kier molecular flexibility index (Phi) is 7.49. The summed E-state index contributed by atoms with van der Waals surface area (Å²) in [7, 11) is 1.51. The summed E-state index contributed by atoms with van der Waals surface area (Å²) in [4.78, 5) is 23.3. The molecular weight excluding hydrogens is 379 g/mol. The second kappa shape index (κ2) is 10.0. The van der Waals surface area contributed by atoms with Crippen LogP contribution in [0.15, 0.2) is 36.4 Å². The highest BCUT2D eigenvalue weighted by atomic mass is 19.2. The predicted molar refractivity (Wildman–Crippen MR) is 94.8 cm³/mol. The molecule has 0 aliphatic rings. The molecule has 0 atom stereocenters. The number of hydrogen-bond donors (Lipinski definition) is 3. The Balaban J connectivity index is 1.69. The Morgan fingerprint density at radius 2 is 1.68 bits per heavy atom. The van der Waals surface area contributed by atoms with Gasteiger partial charge < -0.3 is 25.4 Å². The number of halogens is 3. The van der Waals surface area contributed by atoms with Gasteiger partial charge in [-0.2, -0.15) is 0 Å². The van der Waals surface area contributed by atoms with Crippen LogP contribution in [0.5, 0.6) is 11.5 Å². The van der Waals surface area contributed by atoms with Crippen LogP contribution in [0.4, 0.5) is 23.7 Å². The van der Waals surface area contributed by atoms with Gasteiger partial charge >= 0.3 is 6.03 Å². The summed E-state index contributed by atoms with van der Waals surface area (Å²) in [6, 6.07) is 7.88. The monoisotopic (exact) mass is 397 g/mol. The first-order valence-corrected chi connectivity index (χ1v) is 8.13. The molecule has 0 aliphatic heterocycles. The van der Waals surface area contributed by atoms with Crippen molar-refractivity contribution < 1.29 is 32.2 Å². The van der Waals surface area contributed by atoms with Crippen LogP contribution in [-0.2, 0) is 4.79 Å². The van der Waals surface area contributed by atoms with Crippen LogP contribution in [0.25, 0.3) is 0 Å². The fraction of sp³-hybridized carbons (Fsp3) is 0.222. The van der Waals surface area contributed by atoms with Crippen molar-refractivity contribution in [2.24, 2.45) is 0 Å². The minimum absolute atomic E-state index is 0.142. The predicted octanol–water partition coefficient (Wildman–Crippen LogP) is 2.43. The van der Waals surface area contributed by atoms with E-state index in [1.807, 2.05) is 5.32 Å². The summed E-state index contributed by atoms with van der Waals surface area (Å²) >= 11 is 0. The molecule has 0 heterocycles. The average Bonchev–Trinajstić information content (AvgIpc) is 2.70. The summed E-state index contributed by atoms with van der Waals surface area (Å²) in [5, 5.41) is 6.73. The number of nitrogens with one attached hydrogen (secondary N) is 3. The third-order valence-corrected chi connectivity index (χ3v) is 3.43. The van der Waals surface area contributed by atoms with E-state index in [-0.39, 0.29) is 13.2 Å². The SMILES string of the molecule is COc1ccccc1OCCNC(=O)NCC(=O)Nc1ccc(F)c(F)c1F. The maximum Gasteiger partial charge on any atom is 0.315 e. The van der Waals surface area contributed by atoms with Crippen LogP contribution in [0.2, 0.25) is 0 Å². The number of hydrogen-bond acceptors (Lipinski definition) is 4. The lowest BCUT2D eigenvalue weighted by Crippen LogP contribution is -2.41. The summed E-state index contributed by atoms with van der Waals surface area (Å²) in [5.41, 5.74) is -0.531. The molecule has 2 aromatic carbocycles. The van der Waals surface area contributed by atoms with E-state index in [1.165, 1.54) is 7.11 Å². The highest BCUT2D eigenvalue weighted by Gasteiger charge is 2.15. The van der Waals surface area contributed by atoms with Crippen LogP contribution >= 0.6 is 0 Å². The minimum atomic E-state index is -1.70. The van der Waals surface area contributed by atoms with Crippen molar-refractivity contribution in [3.8, 4) is 11.5 Å². The van der Waals surface area contributed by atoms with Gasteiger partial charge in [0.15, 0.2) is 29.0 Å². The summed E-state index contributed by atoms with van der Waals surface area (Å²) in [5.74, 6) is -4.34. The second-order valence-electron chi connectivity index (χ2n) is 5.38. The number of para-hydroxylation sites is 2. The zero-order valence-corrected chi connectivity index (χ0v) is 14.9. The average molecular weight is 397 g/mol. The van der Waals surface area contributed by atoms with E-state index in [0.29, 0.717) is 17.6 Å². The number of anilines is 1. The number of carbonyl (C=O) groups excluding carboxylic acids is 2. The Hall–Kier alpha value is -3.43. The first-order chi connectivity index (χ1) is 13.4. The molecule has 7 nitrogen and oxygen atoms in total. The van der Waals surface area contributed by atoms with E-state index in [2.05, 4.69) is 10.6 Å². The zero-order chi connectivity index (χ0) is 20.5. The fourth-order valence-electron chi connectivity index (χ4n) is 2.10. The summed E-state index contributed by atoms with van der Waals surface area (Å²) < 4.78 is 50.0. The summed E-state index contributed by atoms with van der Waals surface area (Å²) in [6.07, 6.45) is 0. The third-order valence-electron chi connectivity index (χ3n) is 3.43. The number of rotatable bonds is 8. The van der Waals surface area contributed by atoms with Crippen molar-refractivity contribution in [2.45, 2.75) is 0 Å². The van der Waals surface area contributed by atoms with Crippen molar-refractivity contribution in [3.63, 3.8) is 0 Å². The minimum Gasteiger partial charge on any atom is -0.493 e. The third kappa shape index (κ3) is 5.79. The number of benzene rings is 2. The lowest BCUT2D eigenvalue weighted by Gasteiger charge is -2.11. The first-order valence-electron chi connectivity index (χ1n) is 8.13. The van der Waals surface area contributed by atoms with E-state index < -0.39 is 41.6 Å². The van der Waals surface area contributed by atoms with Gasteiger partial charge in [-0.1, -0.05) is 12.1 Å². The molecule has 0 aromatic heterocycles. The molecule has 0 saturated carbocycles. The van der Waals surface area contributed by atoms with E-state index >= 15 is 0 Å².